The number of rotatable bonds is 5. The Hall–Kier alpha value is -3.34. The summed E-state index contributed by atoms with van der Waals surface area (Å²) < 4.78 is 35.2. The fraction of sp³-hybridized carbons (Fsp3) is 0. The molecule has 0 unspecified atom stereocenters. The molecule has 3 aromatic rings. The molecule has 26 heavy (non-hydrogen) atoms. The molecule has 3 aromatic carbocycles. The van der Waals surface area contributed by atoms with E-state index in [-0.39, 0.29) is 22.0 Å². The molecule has 3 rings (SSSR count). The van der Waals surface area contributed by atoms with Crippen LogP contribution < -0.4 is 14.6 Å². The van der Waals surface area contributed by atoms with Gasteiger partial charge in [-0.1, -0.05) is 36.4 Å². The van der Waals surface area contributed by atoms with Gasteiger partial charge in [-0.2, -0.15) is 5.26 Å². The molecule has 0 atom stereocenters. The molecule has 0 spiro atoms. The van der Waals surface area contributed by atoms with Crippen LogP contribution in [0.1, 0.15) is 5.56 Å². The lowest BCUT2D eigenvalue weighted by Gasteiger charge is -2.14. The number of ether oxygens (including phenoxy) is 2. The van der Waals surface area contributed by atoms with Gasteiger partial charge in [-0.05, 0) is 30.3 Å². The fourth-order valence-corrected chi connectivity index (χ4v) is 2.91. The van der Waals surface area contributed by atoms with E-state index in [1.165, 1.54) is 6.07 Å². The van der Waals surface area contributed by atoms with Crippen LogP contribution >= 0.6 is 0 Å². The van der Waals surface area contributed by atoms with Crippen LogP contribution in [0.4, 0.5) is 0 Å². The highest BCUT2D eigenvalue weighted by Crippen LogP contribution is 2.36. The van der Waals surface area contributed by atoms with E-state index >= 15 is 0 Å². The Morgan fingerprint density at radius 3 is 1.77 bits per heavy atom. The molecule has 130 valence electrons. The molecular weight excluding hydrogens is 352 g/mol. The predicted octanol–water partition coefficient (Wildman–Crippen LogP) is 3.79. The normalized spacial score (nSPS) is 10.8. The van der Waals surface area contributed by atoms with Gasteiger partial charge in [0.1, 0.15) is 28.2 Å². The van der Waals surface area contributed by atoms with Gasteiger partial charge in [0.05, 0.1) is 5.56 Å². The Balaban J connectivity index is 2.11. The van der Waals surface area contributed by atoms with Crippen LogP contribution in [0.3, 0.4) is 0 Å². The molecule has 0 saturated carbocycles. The predicted molar refractivity (Wildman–Crippen MR) is 95.6 cm³/mol. The van der Waals surface area contributed by atoms with Crippen LogP contribution in [0.25, 0.3) is 0 Å². The van der Waals surface area contributed by atoms with E-state index in [9.17, 15) is 13.7 Å². The molecule has 0 aromatic heterocycles. The maximum Gasteiger partial charge on any atom is 0.241 e. The summed E-state index contributed by atoms with van der Waals surface area (Å²) in [7, 11) is -4.11. The summed E-state index contributed by atoms with van der Waals surface area (Å²) in [5, 5.41) is 14.6. The van der Waals surface area contributed by atoms with Crippen molar-refractivity contribution in [3.8, 4) is 29.1 Å². The zero-order chi connectivity index (χ0) is 18.6. The number of hydrogen-bond donors (Lipinski definition) is 1. The number of nitrogens with two attached hydrogens (primary N) is 1. The van der Waals surface area contributed by atoms with Crippen LogP contribution in [0.5, 0.6) is 23.0 Å². The van der Waals surface area contributed by atoms with Crippen molar-refractivity contribution in [2.45, 2.75) is 4.90 Å². The van der Waals surface area contributed by atoms with Gasteiger partial charge in [0.15, 0.2) is 5.75 Å². The summed E-state index contributed by atoms with van der Waals surface area (Å²) in [5.74, 6) is 1.06. The molecule has 0 aliphatic heterocycles. The second kappa shape index (κ2) is 7.27. The minimum absolute atomic E-state index is 0.0244. The Bertz CT molecular complexity index is 1060. The number of primary sulfonamides is 1. The summed E-state index contributed by atoms with van der Waals surface area (Å²) in [5.41, 5.74) is 0.0262. The average Bonchev–Trinajstić information content (AvgIpc) is 2.63. The summed E-state index contributed by atoms with van der Waals surface area (Å²) in [6.07, 6.45) is 0. The topological polar surface area (TPSA) is 102 Å². The second-order valence-corrected chi connectivity index (χ2v) is 6.81. The lowest BCUT2D eigenvalue weighted by atomic mass is 10.2. The summed E-state index contributed by atoms with van der Waals surface area (Å²) in [6, 6.07) is 21.9. The van der Waals surface area contributed by atoms with E-state index in [1.807, 2.05) is 12.1 Å². The van der Waals surface area contributed by atoms with Crippen molar-refractivity contribution >= 4 is 10.0 Å². The Labute approximate surface area is 151 Å². The standard InChI is InChI=1S/C19H14N2O4S/c20-13-14-11-19(26(21,22)23)18(25-16-9-5-2-6-10-16)12-17(14)24-15-7-3-1-4-8-15/h1-12H,(H2,21,22,23). The van der Waals surface area contributed by atoms with Crippen molar-refractivity contribution < 1.29 is 17.9 Å². The first-order valence-electron chi connectivity index (χ1n) is 7.54. The molecular formula is C19H14N2O4S. The van der Waals surface area contributed by atoms with Crippen molar-refractivity contribution in [3.05, 3.63) is 78.4 Å². The van der Waals surface area contributed by atoms with Gasteiger partial charge in [0.2, 0.25) is 10.0 Å². The number of para-hydroxylation sites is 2. The highest BCUT2D eigenvalue weighted by molar-refractivity contribution is 7.89. The zero-order valence-electron chi connectivity index (χ0n) is 13.5. The summed E-state index contributed by atoms with van der Waals surface area (Å²) in [6.45, 7) is 0. The third-order valence-corrected chi connectivity index (χ3v) is 4.35. The van der Waals surface area contributed by atoms with Crippen LogP contribution in [0.15, 0.2) is 77.7 Å². The van der Waals surface area contributed by atoms with Crippen LogP contribution in [-0.4, -0.2) is 8.42 Å². The average molecular weight is 366 g/mol. The van der Waals surface area contributed by atoms with Gasteiger partial charge in [-0.15, -0.1) is 0 Å². The van der Waals surface area contributed by atoms with Gasteiger partial charge in [0, 0.05) is 6.07 Å². The quantitative estimate of drug-likeness (QED) is 0.740. The van der Waals surface area contributed by atoms with Crippen molar-refractivity contribution in [1.82, 2.24) is 0 Å². The monoisotopic (exact) mass is 366 g/mol. The van der Waals surface area contributed by atoms with Gasteiger partial charge in [-0.25, -0.2) is 13.6 Å². The number of nitriles is 1. The number of nitrogens with zero attached hydrogens (tertiary/aromatic N) is 1. The smallest absolute Gasteiger partial charge is 0.241 e. The highest BCUT2D eigenvalue weighted by atomic mass is 32.2. The van der Waals surface area contributed by atoms with E-state index < -0.39 is 10.0 Å². The highest BCUT2D eigenvalue weighted by Gasteiger charge is 2.21. The molecule has 0 amide bonds. The van der Waals surface area contributed by atoms with Crippen molar-refractivity contribution in [3.63, 3.8) is 0 Å². The first-order valence-corrected chi connectivity index (χ1v) is 9.09. The first-order chi connectivity index (χ1) is 12.5. The SMILES string of the molecule is N#Cc1cc(S(N)(=O)=O)c(Oc2ccccc2)cc1Oc1ccccc1. The third-order valence-electron chi connectivity index (χ3n) is 3.41. The first kappa shape index (κ1) is 17.5. The molecule has 7 heteroatoms. The Morgan fingerprint density at radius 2 is 1.31 bits per heavy atom. The minimum atomic E-state index is -4.11. The van der Waals surface area contributed by atoms with Crippen molar-refractivity contribution in [1.29, 1.82) is 5.26 Å². The second-order valence-electron chi connectivity index (χ2n) is 5.28. The van der Waals surface area contributed by atoms with E-state index in [0.29, 0.717) is 11.5 Å². The number of benzene rings is 3. The molecule has 0 saturated heterocycles. The van der Waals surface area contributed by atoms with Crippen LogP contribution in [0, 0.1) is 11.3 Å². The lowest BCUT2D eigenvalue weighted by Crippen LogP contribution is -2.14. The molecule has 0 heterocycles. The van der Waals surface area contributed by atoms with E-state index in [0.717, 1.165) is 6.07 Å². The Morgan fingerprint density at radius 1 is 0.808 bits per heavy atom. The van der Waals surface area contributed by atoms with Crippen LogP contribution in [0.2, 0.25) is 0 Å². The Kier molecular flexibility index (Phi) is 4.89. The van der Waals surface area contributed by atoms with E-state index in [4.69, 9.17) is 14.6 Å². The number of hydrogen-bond acceptors (Lipinski definition) is 5. The largest absolute Gasteiger partial charge is 0.456 e. The number of sulfonamides is 1. The molecule has 0 aliphatic rings. The van der Waals surface area contributed by atoms with Gasteiger partial charge in [0.25, 0.3) is 0 Å². The molecule has 0 radical (unpaired) electrons. The molecule has 0 aliphatic carbocycles. The van der Waals surface area contributed by atoms with Crippen LogP contribution in [-0.2, 0) is 10.0 Å². The lowest BCUT2D eigenvalue weighted by molar-refractivity contribution is 0.449. The fourth-order valence-electron chi connectivity index (χ4n) is 2.25. The maximum atomic E-state index is 11.9. The van der Waals surface area contributed by atoms with Gasteiger partial charge < -0.3 is 9.47 Å². The van der Waals surface area contributed by atoms with Crippen molar-refractivity contribution in [2.75, 3.05) is 0 Å². The minimum Gasteiger partial charge on any atom is -0.456 e. The molecule has 2 N–H and O–H groups in total. The maximum absolute atomic E-state index is 11.9. The van der Waals surface area contributed by atoms with E-state index in [1.54, 1.807) is 54.6 Å². The summed E-state index contributed by atoms with van der Waals surface area (Å²) in [4.78, 5) is -0.293. The van der Waals surface area contributed by atoms with Crippen molar-refractivity contribution in [2.24, 2.45) is 5.14 Å². The molecule has 6 nitrogen and oxygen atoms in total. The zero-order valence-corrected chi connectivity index (χ0v) is 14.3. The third kappa shape index (κ3) is 4.00. The van der Waals surface area contributed by atoms with E-state index in [2.05, 4.69) is 0 Å². The molecule has 0 fully saturated rings. The van der Waals surface area contributed by atoms with Gasteiger partial charge >= 0.3 is 0 Å². The summed E-state index contributed by atoms with van der Waals surface area (Å²) >= 11 is 0. The van der Waals surface area contributed by atoms with Gasteiger partial charge in [-0.3, -0.25) is 0 Å². The molecule has 0 bridgehead atoms.